The molecular formula is C32H52N4O4. The largest absolute Gasteiger partial charge is 0.394 e. The van der Waals surface area contributed by atoms with Crippen LogP contribution in [-0.2, 0) is 20.8 Å². The molecule has 0 aliphatic carbocycles. The summed E-state index contributed by atoms with van der Waals surface area (Å²) in [5.41, 5.74) is 1.50. The Labute approximate surface area is 241 Å². The highest BCUT2D eigenvalue weighted by Gasteiger charge is 2.36. The van der Waals surface area contributed by atoms with Crippen molar-refractivity contribution in [1.82, 2.24) is 20.4 Å². The van der Waals surface area contributed by atoms with Gasteiger partial charge in [-0.3, -0.25) is 19.3 Å². The molecule has 1 aromatic carbocycles. The zero-order valence-corrected chi connectivity index (χ0v) is 25.8. The number of carbonyl (C=O) groups excluding carboxylic acids is 3. The Balaban J connectivity index is 2.15. The lowest BCUT2D eigenvalue weighted by atomic mass is 9.95. The van der Waals surface area contributed by atoms with Gasteiger partial charge in [-0.15, -0.1) is 0 Å². The number of amides is 3. The van der Waals surface area contributed by atoms with E-state index in [9.17, 15) is 19.5 Å². The topological polar surface area (TPSA) is 102 Å². The van der Waals surface area contributed by atoms with Gasteiger partial charge < -0.3 is 20.6 Å². The predicted molar refractivity (Wildman–Crippen MR) is 161 cm³/mol. The van der Waals surface area contributed by atoms with Gasteiger partial charge in [0.25, 0.3) is 0 Å². The van der Waals surface area contributed by atoms with Crippen LogP contribution < -0.4 is 10.6 Å². The van der Waals surface area contributed by atoms with Gasteiger partial charge in [-0.25, -0.2) is 0 Å². The van der Waals surface area contributed by atoms with Crippen molar-refractivity contribution < 1.29 is 19.5 Å². The molecule has 2 rings (SSSR count). The van der Waals surface area contributed by atoms with Crippen LogP contribution >= 0.6 is 0 Å². The van der Waals surface area contributed by atoms with Crippen molar-refractivity contribution in [2.75, 3.05) is 20.2 Å². The molecule has 1 fully saturated rings. The smallest absolute Gasteiger partial charge is 0.246 e. The Kier molecular flexibility index (Phi) is 13.3. The number of piperidine rings is 1. The second kappa shape index (κ2) is 15.9. The minimum Gasteiger partial charge on any atom is -0.394 e. The third-order valence-corrected chi connectivity index (χ3v) is 7.88. The van der Waals surface area contributed by atoms with Gasteiger partial charge in [0.05, 0.1) is 24.7 Å². The quantitative estimate of drug-likeness (QED) is 0.323. The van der Waals surface area contributed by atoms with Crippen LogP contribution in [0.25, 0.3) is 0 Å². The number of rotatable bonds is 13. The lowest BCUT2D eigenvalue weighted by Gasteiger charge is -2.39. The van der Waals surface area contributed by atoms with Gasteiger partial charge >= 0.3 is 0 Å². The molecule has 4 atom stereocenters. The SMILES string of the molecule is C/C(=C\[C@H](C(C)C)N(C)C(=O)[C@@H](NC(=O)C1CCCCN1C(C)C)C(C)C)C(=O)N[C@H](CO)Cc1ccccc1. The predicted octanol–water partition coefficient (Wildman–Crippen LogP) is 3.54. The molecule has 8 heteroatoms. The van der Waals surface area contributed by atoms with Crippen LogP contribution in [-0.4, -0.2) is 83.0 Å². The third-order valence-electron chi connectivity index (χ3n) is 7.88. The van der Waals surface area contributed by atoms with Crippen molar-refractivity contribution in [3.63, 3.8) is 0 Å². The van der Waals surface area contributed by atoms with E-state index in [2.05, 4.69) is 29.4 Å². The molecule has 3 amide bonds. The Morgan fingerprint density at radius 2 is 1.68 bits per heavy atom. The van der Waals surface area contributed by atoms with E-state index in [0.717, 1.165) is 31.4 Å². The first kappa shape index (κ1) is 33.5. The van der Waals surface area contributed by atoms with Gasteiger partial charge in [0.2, 0.25) is 17.7 Å². The number of carbonyl (C=O) groups is 3. The molecule has 0 radical (unpaired) electrons. The molecule has 1 aromatic rings. The highest BCUT2D eigenvalue weighted by Crippen LogP contribution is 2.21. The number of nitrogens with one attached hydrogen (secondary N) is 2. The van der Waals surface area contributed by atoms with Crippen molar-refractivity contribution in [1.29, 1.82) is 0 Å². The second-order valence-electron chi connectivity index (χ2n) is 12.1. The summed E-state index contributed by atoms with van der Waals surface area (Å²) >= 11 is 0. The van der Waals surface area contributed by atoms with Gasteiger partial charge in [0, 0.05) is 18.7 Å². The average molecular weight is 557 g/mol. The Morgan fingerprint density at radius 1 is 1.02 bits per heavy atom. The number of aliphatic hydroxyl groups excluding tert-OH is 1. The molecule has 0 saturated carbocycles. The molecule has 224 valence electrons. The fourth-order valence-electron chi connectivity index (χ4n) is 5.43. The summed E-state index contributed by atoms with van der Waals surface area (Å²) in [7, 11) is 1.74. The third kappa shape index (κ3) is 9.44. The highest BCUT2D eigenvalue weighted by molar-refractivity contribution is 5.93. The first-order valence-electron chi connectivity index (χ1n) is 14.8. The summed E-state index contributed by atoms with van der Waals surface area (Å²) in [6, 6.07) is 8.32. The van der Waals surface area contributed by atoms with Crippen molar-refractivity contribution in [3.8, 4) is 0 Å². The van der Waals surface area contributed by atoms with E-state index in [0.29, 0.717) is 12.0 Å². The Morgan fingerprint density at radius 3 is 2.23 bits per heavy atom. The highest BCUT2D eigenvalue weighted by atomic mass is 16.3. The van der Waals surface area contributed by atoms with E-state index in [4.69, 9.17) is 0 Å². The maximum Gasteiger partial charge on any atom is 0.246 e. The van der Waals surface area contributed by atoms with Crippen molar-refractivity contribution in [2.24, 2.45) is 11.8 Å². The summed E-state index contributed by atoms with van der Waals surface area (Å²) in [6.07, 6.45) is 5.22. The Bertz CT molecular complexity index is 992. The molecule has 0 bridgehead atoms. The molecule has 3 N–H and O–H groups in total. The van der Waals surface area contributed by atoms with Crippen molar-refractivity contribution in [3.05, 3.63) is 47.5 Å². The summed E-state index contributed by atoms with van der Waals surface area (Å²) in [4.78, 5) is 44.1. The standard InChI is InChI=1S/C32H52N4O4/c1-21(2)28(18-24(7)30(38)33-26(20-37)19-25-14-10-9-11-15-25)35(8)32(40)29(22(3)4)34-31(39)27-16-12-13-17-36(27)23(5)6/h9-11,14-15,18,21-23,26-29,37H,12-13,16-17,19-20H2,1-8H3,(H,33,38)(H,34,39)/b24-18+/t26-,27?,28+,29-/m0/s1. The van der Waals surface area contributed by atoms with E-state index in [-0.39, 0.29) is 54.3 Å². The number of nitrogens with zero attached hydrogens (tertiary/aromatic N) is 2. The lowest BCUT2D eigenvalue weighted by Crippen LogP contribution is -2.58. The molecule has 0 aromatic heterocycles. The zero-order chi connectivity index (χ0) is 30.0. The van der Waals surface area contributed by atoms with Crippen LogP contribution in [0.5, 0.6) is 0 Å². The van der Waals surface area contributed by atoms with Gasteiger partial charge in [-0.2, -0.15) is 0 Å². The number of likely N-dealkylation sites (N-methyl/N-ethyl adjacent to an activating group) is 1. The van der Waals surface area contributed by atoms with Crippen LogP contribution in [0.1, 0.15) is 73.3 Å². The van der Waals surface area contributed by atoms with Crippen LogP contribution in [0, 0.1) is 11.8 Å². The zero-order valence-electron chi connectivity index (χ0n) is 25.8. The molecule has 1 unspecified atom stereocenters. The van der Waals surface area contributed by atoms with E-state index >= 15 is 0 Å². The molecule has 0 spiro atoms. The molecular weight excluding hydrogens is 504 g/mol. The molecule has 1 aliphatic heterocycles. The number of hydrogen-bond donors (Lipinski definition) is 3. The summed E-state index contributed by atoms with van der Waals surface area (Å²) in [5, 5.41) is 15.9. The van der Waals surface area contributed by atoms with Gasteiger partial charge in [0.15, 0.2) is 0 Å². The molecule has 1 heterocycles. The fraction of sp³-hybridized carbons (Fsp3) is 0.656. The Hall–Kier alpha value is -2.71. The minimum absolute atomic E-state index is 0.0351. The molecule has 1 saturated heterocycles. The normalized spacial score (nSPS) is 18.9. The first-order valence-corrected chi connectivity index (χ1v) is 14.8. The first-order chi connectivity index (χ1) is 18.9. The molecule has 1 aliphatic rings. The summed E-state index contributed by atoms with van der Waals surface area (Å²) in [5.74, 6) is -0.598. The van der Waals surface area contributed by atoms with Gasteiger partial charge in [-0.05, 0) is 64.0 Å². The van der Waals surface area contributed by atoms with Crippen LogP contribution in [0.2, 0.25) is 0 Å². The monoisotopic (exact) mass is 556 g/mol. The van der Waals surface area contributed by atoms with Crippen LogP contribution in [0.15, 0.2) is 42.0 Å². The lowest BCUT2D eigenvalue weighted by molar-refractivity contribution is -0.140. The average Bonchev–Trinajstić information content (AvgIpc) is 2.93. The van der Waals surface area contributed by atoms with Gasteiger partial charge in [-0.1, -0.05) is 70.5 Å². The minimum atomic E-state index is -0.665. The van der Waals surface area contributed by atoms with E-state index < -0.39 is 12.1 Å². The number of likely N-dealkylation sites (tertiary alicyclic amines) is 1. The van der Waals surface area contributed by atoms with Gasteiger partial charge in [0.1, 0.15) is 6.04 Å². The maximum atomic E-state index is 13.8. The second-order valence-corrected chi connectivity index (χ2v) is 12.1. The number of benzene rings is 1. The summed E-state index contributed by atoms with van der Waals surface area (Å²) in [6.45, 7) is 14.5. The molecule has 8 nitrogen and oxygen atoms in total. The van der Waals surface area contributed by atoms with Crippen LogP contribution in [0.4, 0.5) is 0 Å². The van der Waals surface area contributed by atoms with E-state index in [1.165, 1.54) is 0 Å². The van der Waals surface area contributed by atoms with E-state index in [1.54, 1.807) is 18.9 Å². The molecule has 40 heavy (non-hydrogen) atoms. The summed E-state index contributed by atoms with van der Waals surface area (Å²) < 4.78 is 0. The number of hydrogen-bond acceptors (Lipinski definition) is 5. The van der Waals surface area contributed by atoms with Crippen LogP contribution in [0.3, 0.4) is 0 Å². The van der Waals surface area contributed by atoms with E-state index in [1.807, 2.05) is 64.1 Å². The van der Waals surface area contributed by atoms with Crippen molar-refractivity contribution >= 4 is 17.7 Å². The number of aliphatic hydroxyl groups is 1. The fourth-order valence-corrected chi connectivity index (χ4v) is 5.43. The van der Waals surface area contributed by atoms with Crippen molar-refractivity contribution in [2.45, 2.75) is 104 Å². The maximum absolute atomic E-state index is 13.8.